The third kappa shape index (κ3) is 3.71. The monoisotopic (exact) mass is 251 g/mol. The van der Waals surface area contributed by atoms with Crippen molar-refractivity contribution in [1.29, 1.82) is 0 Å². The summed E-state index contributed by atoms with van der Waals surface area (Å²) in [5.74, 6) is 0.859. The number of pyridine rings is 1. The summed E-state index contributed by atoms with van der Waals surface area (Å²) in [4.78, 5) is 4.42. The van der Waals surface area contributed by atoms with Crippen molar-refractivity contribution in [3.8, 4) is 0 Å². The lowest BCUT2D eigenvalue weighted by atomic mass is 9.91. The lowest BCUT2D eigenvalue weighted by molar-refractivity contribution is 0.198. The average molecular weight is 251 g/mol. The molecule has 1 aromatic rings. The Morgan fingerprint density at radius 2 is 2.24 bits per heavy atom. The number of nitrogens with zero attached hydrogens (tertiary/aromatic N) is 1. The summed E-state index contributed by atoms with van der Waals surface area (Å²) in [6.07, 6.45) is 6.73. The van der Waals surface area contributed by atoms with Crippen LogP contribution in [0.2, 0.25) is 0 Å². The molecule has 1 fully saturated rings. The molecule has 1 saturated carbocycles. The highest BCUT2D eigenvalue weighted by Gasteiger charge is 2.20. The molecule has 94 valence electrons. The van der Waals surface area contributed by atoms with Crippen LogP contribution in [-0.4, -0.2) is 15.3 Å². The largest absolute Gasteiger partial charge is 0.389 e. The molecule has 2 rings (SSSR count). The van der Waals surface area contributed by atoms with Crippen molar-refractivity contribution in [2.24, 2.45) is 5.92 Å². The number of thioether (sulfide) groups is 1. The van der Waals surface area contributed by atoms with Gasteiger partial charge in [0.1, 0.15) is 0 Å². The van der Waals surface area contributed by atoms with Gasteiger partial charge in [-0.15, -0.1) is 11.8 Å². The van der Waals surface area contributed by atoms with Gasteiger partial charge in [0.05, 0.1) is 11.1 Å². The Morgan fingerprint density at radius 3 is 2.82 bits per heavy atom. The summed E-state index contributed by atoms with van der Waals surface area (Å²) in [6.45, 7) is 4.11. The normalized spacial score (nSPS) is 26.8. The maximum Gasteiger partial charge on any atom is 0.0962 e. The molecule has 2 nitrogen and oxygen atoms in total. The summed E-state index contributed by atoms with van der Waals surface area (Å²) >= 11 is 1.90. The Labute approximate surface area is 108 Å². The van der Waals surface area contributed by atoms with Crippen LogP contribution >= 0.6 is 11.8 Å². The Morgan fingerprint density at radius 1 is 1.41 bits per heavy atom. The summed E-state index contributed by atoms with van der Waals surface area (Å²) in [5, 5.41) is 11.2. The van der Waals surface area contributed by atoms with E-state index in [2.05, 4.69) is 11.9 Å². The van der Waals surface area contributed by atoms with Gasteiger partial charge in [-0.3, -0.25) is 0 Å². The maximum absolute atomic E-state index is 9.42. The zero-order chi connectivity index (χ0) is 12.3. The van der Waals surface area contributed by atoms with Crippen LogP contribution in [0.1, 0.15) is 51.2 Å². The SMILES string of the molecule is CC1CCCC(Sc2ccc([C@@H](C)O)cn2)C1. The number of hydrogen-bond donors (Lipinski definition) is 1. The topological polar surface area (TPSA) is 33.1 Å². The Kier molecular flexibility index (Phi) is 4.46. The van der Waals surface area contributed by atoms with Crippen LogP contribution in [0, 0.1) is 5.92 Å². The lowest BCUT2D eigenvalue weighted by Crippen LogP contribution is -2.15. The standard InChI is InChI=1S/C14H21NOS/c1-10-4-3-5-13(8-10)17-14-7-6-12(9-15-14)11(2)16/h6-7,9-11,13,16H,3-5,8H2,1-2H3/t10?,11-,13?/m1/s1. The minimum absolute atomic E-state index is 0.420. The molecule has 0 aromatic carbocycles. The van der Waals surface area contributed by atoms with Gasteiger partial charge < -0.3 is 5.11 Å². The lowest BCUT2D eigenvalue weighted by Gasteiger charge is -2.25. The quantitative estimate of drug-likeness (QED) is 0.887. The third-order valence-electron chi connectivity index (χ3n) is 3.42. The first-order valence-corrected chi connectivity index (χ1v) is 7.34. The number of aliphatic hydroxyl groups excluding tert-OH is 1. The van der Waals surface area contributed by atoms with Gasteiger partial charge in [0.15, 0.2) is 0 Å². The highest BCUT2D eigenvalue weighted by molar-refractivity contribution is 7.99. The van der Waals surface area contributed by atoms with Crippen LogP contribution in [0.15, 0.2) is 23.4 Å². The molecule has 3 heteroatoms. The molecule has 3 atom stereocenters. The van der Waals surface area contributed by atoms with Gasteiger partial charge in [0.25, 0.3) is 0 Å². The number of aliphatic hydroxyl groups is 1. The summed E-state index contributed by atoms with van der Waals surface area (Å²) in [6, 6.07) is 4.01. The molecule has 17 heavy (non-hydrogen) atoms. The molecule has 1 N–H and O–H groups in total. The molecule has 1 aromatic heterocycles. The molecule has 1 heterocycles. The summed E-state index contributed by atoms with van der Waals surface area (Å²) < 4.78 is 0. The first-order valence-electron chi connectivity index (χ1n) is 6.46. The van der Waals surface area contributed by atoms with Crippen molar-refractivity contribution in [2.75, 3.05) is 0 Å². The zero-order valence-electron chi connectivity index (χ0n) is 10.6. The molecule has 0 aliphatic heterocycles. The Bertz CT molecular complexity index is 350. The molecule has 0 spiro atoms. The van der Waals surface area contributed by atoms with E-state index in [1.165, 1.54) is 25.7 Å². The van der Waals surface area contributed by atoms with E-state index in [0.29, 0.717) is 0 Å². The van der Waals surface area contributed by atoms with Gasteiger partial charge in [-0.1, -0.05) is 25.8 Å². The van der Waals surface area contributed by atoms with E-state index >= 15 is 0 Å². The molecule has 1 aliphatic carbocycles. The van der Waals surface area contributed by atoms with Crippen molar-refractivity contribution < 1.29 is 5.11 Å². The van der Waals surface area contributed by atoms with Gasteiger partial charge in [-0.05, 0) is 37.3 Å². The molecule has 0 radical (unpaired) electrons. The van der Waals surface area contributed by atoms with Crippen molar-refractivity contribution in [3.05, 3.63) is 23.9 Å². The van der Waals surface area contributed by atoms with Crippen LogP contribution in [0.3, 0.4) is 0 Å². The number of aromatic nitrogens is 1. The van der Waals surface area contributed by atoms with Gasteiger partial charge in [0, 0.05) is 11.4 Å². The van der Waals surface area contributed by atoms with E-state index in [-0.39, 0.29) is 0 Å². The summed E-state index contributed by atoms with van der Waals surface area (Å²) in [7, 11) is 0. The predicted octanol–water partition coefficient (Wildman–Crippen LogP) is 3.81. The van der Waals surface area contributed by atoms with E-state index in [9.17, 15) is 5.11 Å². The first-order chi connectivity index (χ1) is 8.15. The molecule has 0 saturated heterocycles. The first kappa shape index (κ1) is 12.9. The highest BCUT2D eigenvalue weighted by atomic mass is 32.2. The second kappa shape index (κ2) is 5.87. The molecule has 0 bridgehead atoms. The fourth-order valence-corrected chi connectivity index (χ4v) is 3.68. The van der Waals surface area contributed by atoms with Crippen LogP contribution in [0.5, 0.6) is 0 Å². The fourth-order valence-electron chi connectivity index (χ4n) is 2.36. The molecular formula is C14H21NOS. The molecule has 1 aliphatic rings. The van der Waals surface area contributed by atoms with Crippen molar-refractivity contribution >= 4 is 11.8 Å². The van der Waals surface area contributed by atoms with Crippen molar-refractivity contribution in [3.63, 3.8) is 0 Å². The second-order valence-corrected chi connectivity index (χ2v) is 6.44. The van der Waals surface area contributed by atoms with Crippen molar-refractivity contribution in [2.45, 2.75) is 55.9 Å². The Hall–Kier alpha value is -0.540. The van der Waals surface area contributed by atoms with Crippen LogP contribution in [0.4, 0.5) is 0 Å². The zero-order valence-corrected chi connectivity index (χ0v) is 11.4. The van der Waals surface area contributed by atoms with Gasteiger partial charge in [-0.2, -0.15) is 0 Å². The Balaban J connectivity index is 1.94. The number of rotatable bonds is 3. The van der Waals surface area contributed by atoms with E-state index in [0.717, 1.165) is 21.8 Å². The van der Waals surface area contributed by atoms with E-state index in [4.69, 9.17) is 0 Å². The summed E-state index contributed by atoms with van der Waals surface area (Å²) in [5.41, 5.74) is 0.895. The van der Waals surface area contributed by atoms with Gasteiger partial charge >= 0.3 is 0 Å². The minimum Gasteiger partial charge on any atom is -0.389 e. The highest BCUT2D eigenvalue weighted by Crippen LogP contribution is 2.35. The van der Waals surface area contributed by atoms with Crippen LogP contribution < -0.4 is 0 Å². The van der Waals surface area contributed by atoms with Crippen molar-refractivity contribution in [1.82, 2.24) is 4.98 Å². The molecular weight excluding hydrogens is 230 g/mol. The van der Waals surface area contributed by atoms with Gasteiger partial charge in [0.2, 0.25) is 0 Å². The second-order valence-electron chi connectivity index (χ2n) is 5.12. The maximum atomic E-state index is 9.42. The predicted molar refractivity (Wildman–Crippen MR) is 72.1 cm³/mol. The fraction of sp³-hybridized carbons (Fsp3) is 0.643. The minimum atomic E-state index is -0.420. The third-order valence-corrected chi connectivity index (χ3v) is 4.66. The molecule has 0 amide bonds. The van der Waals surface area contributed by atoms with E-state index in [1.807, 2.05) is 23.9 Å². The van der Waals surface area contributed by atoms with Gasteiger partial charge in [-0.25, -0.2) is 4.98 Å². The van der Waals surface area contributed by atoms with E-state index < -0.39 is 6.10 Å². The molecule has 2 unspecified atom stereocenters. The van der Waals surface area contributed by atoms with E-state index in [1.54, 1.807) is 13.1 Å². The van der Waals surface area contributed by atoms with Crippen LogP contribution in [-0.2, 0) is 0 Å². The number of hydrogen-bond acceptors (Lipinski definition) is 3. The smallest absolute Gasteiger partial charge is 0.0962 e. The average Bonchev–Trinajstić information content (AvgIpc) is 2.29. The van der Waals surface area contributed by atoms with Crippen LogP contribution in [0.25, 0.3) is 0 Å².